The number of aliphatic carboxylic acids is 1. The zero-order valence-corrected chi connectivity index (χ0v) is 10.3. The third-order valence-corrected chi connectivity index (χ3v) is 3.34. The molecule has 19 heavy (non-hydrogen) atoms. The van der Waals surface area contributed by atoms with E-state index in [1.165, 1.54) is 18.5 Å². The van der Waals surface area contributed by atoms with Gasteiger partial charge < -0.3 is 10.4 Å². The van der Waals surface area contributed by atoms with E-state index in [-0.39, 0.29) is 6.54 Å². The molecule has 0 saturated heterocycles. The number of carboxylic acid groups (broad SMARTS) is 1. The molecular weight excluding hydrogens is 250 g/mol. The van der Waals surface area contributed by atoms with Gasteiger partial charge in [-0.3, -0.25) is 9.36 Å². The lowest BCUT2D eigenvalue weighted by atomic mass is 9.98. The van der Waals surface area contributed by atoms with E-state index in [4.69, 9.17) is 0 Å². The zero-order chi connectivity index (χ0) is 13.9. The van der Waals surface area contributed by atoms with Gasteiger partial charge in [0.05, 0.1) is 0 Å². The molecule has 1 aromatic rings. The lowest BCUT2D eigenvalue weighted by Crippen LogP contribution is -2.53. The van der Waals surface area contributed by atoms with Gasteiger partial charge in [0.15, 0.2) is 0 Å². The first-order valence-corrected chi connectivity index (χ1v) is 6.09. The molecule has 0 spiro atoms. The summed E-state index contributed by atoms with van der Waals surface area (Å²) in [5.41, 5.74) is -1.71. The van der Waals surface area contributed by atoms with Gasteiger partial charge in [-0.1, -0.05) is 12.8 Å². The van der Waals surface area contributed by atoms with E-state index in [1.54, 1.807) is 0 Å². The van der Waals surface area contributed by atoms with Crippen LogP contribution in [0.4, 0.5) is 0 Å². The molecule has 1 aliphatic rings. The quantitative estimate of drug-likeness (QED) is 0.782. The van der Waals surface area contributed by atoms with E-state index in [0.717, 1.165) is 17.4 Å². The summed E-state index contributed by atoms with van der Waals surface area (Å²) < 4.78 is 1.14. The standard InChI is InChI=1S/C12H15N3O4/c16-9(8-15-7-3-6-13-11(15)19)14-12(10(17)18)4-1-2-5-12/h3,6-7H,1-2,4-5,8H2,(H,14,16)(H,17,18). The maximum Gasteiger partial charge on any atom is 0.347 e. The second kappa shape index (κ2) is 5.21. The number of nitrogens with zero attached hydrogens (tertiary/aromatic N) is 2. The molecule has 1 aliphatic carbocycles. The van der Waals surface area contributed by atoms with Gasteiger partial charge in [0.2, 0.25) is 5.91 Å². The first kappa shape index (κ1) is 13.3. The van der Waals surface area contributed by atoms with E-state index in [1.807, 2.05) is 0 Å². The minimum absolute atomic E-state index is 0.221. The van der Waals surface area contributed by atoms with Crippen molar-refractivity contribution < 1.29 is 14.7 Å². The molecule has 0 aromatic carbocycles. The maximum absolute atomic E-state index is 11.9. The lowest BCUT2D eigenvalue weighted by molar-refractivity contribution is -0.147. The Kier molecular flexibility index (Phi) is 3.64. The van der Waals surface area contributed by atoms with Crippen molar-refractivity contribution >= 4 is 11.9 Å². The smallest absolute Gasteiger partial charge is 0.347 e. The number of hydrogen-bond donors (Lipinski definition) is 2. The van der Waals surface area contributed by atoms with Gasteiger partial charge in [0.1, 0.15) is 12.1 Å². The van der Waals surface area contributed by atoms with Gasteiger partial charge in [-0.2, -0.15) is 0 Å². The number of carbonyl (C=O) groups is 2. The molecule has 1 heterocycles. The minimum Gasteiger partial charge on any atom is -0.480 e. The monoisotopic (exact) mass is 265 g/mol. The fraction of sp³-hybridized carbons (Fsp3) is 0.500. The number of carbonyl (C=O) groups excluding carboxylic acids is 1. The Bertz CT molecular complexity index is 546. The van der Waals surface area contributed by atoms with Crippen LogP contribution in [0.15, 0.2) is 23.3 Å². The highest BCUT2D eigenvalue weighted by Crippen LogP contribution is 2.29. The topological polar surface area (TPSA) is 101 Å². The summed E-state index contributed by atoms with van der Waals surface area (Å²) in [6.07, 6.45) is 5.19. The van der Waals surface area contributed by atoms with E-state index < -0.39 is 23.1 Å². The zero-order valence-electron chi connectivity index (χ0n) is 10.3. The van der Waals surface area contributed by atoms with Crippen LogP contribution in [0.2, 0.25) is 0 Å². The lowest BCUT2D eigenvalue weighted by Gasteiger charge is -2.25. The average Bonchev–Trinajstić information content (AvgIpc) is 2.82. The van der Waals surface area contributed by atoms with Crippen LogP contribution >= 0.6 is 0 Å². The highest BCUT2D eigenvalue weighted by molar-refractivity contribution is 5.87. The Morgan fingerprint density at radius 3 is 2.68 bits per heavy atom. The molecule has 1 fully saturated rings. The van der Waals surface area contributed by atoms with Crippen LogP contribution < -0.4 is 11.0 Å². The molecule has 2 rings (SSSR count). The Morgan fingerprint density at radius 1 is 1.42 bits per heavy atom. The SMILES string of the molecule is O=C(Cn1cccnc1=O)NC1(C(=O)O)CCCC1. The van der Waals surface area contributed by atoms with E-state index in [0.29, 0.717) is 12.8 Å². The molecule has 7 nitrogen and oxygen atoms in total. The largest absolute Gasteiger partial charge is 0.480 e. The van der Waals surface area contributed by atoms with Crippen molar-refractivity contribution in [3.63, 3.8) is 0 Å². The molecule has 2 N–H and O–H groups in total. The molecule has 0 atom stereocenters. The Labute approximate surface area is 109 Å². The highest BCUT2D eigenvalue weighted by atomic mass is 16.4. The van der Waals surface area contributed by atoms with Gasteiger partial charge in [-0.05, 0) is 18.9 Å². The first-order valence-electron chi connectivity index (χ1n) is 6.09. The predicted octanol–water partition coefficient (Wildman–Crippen LogP) is -0.243. The molecule has 1 aromatic heterocycles. The Morgan fingerprint density at radius 2 is 2.11 bits per heavy atom. The van der Waals surface area contributed by atoms with Crippen LogP contribution in [-0.2, 0) is 16.1 Å². The van der Waals surface area contributed by atoms with E-state index in [2.05, 4.69) is 10.3 Å². The van der Waals surface area contributed by atoms with Crippen LogP contribution in [0.25, 0.3) is 0 Å². The van der Waals surface area contributed by atoms with Gasteiger partial charge in [-0.25, -0.2) is 14.6 Å². The number of amides is 1. The molecule has 1 amide bonds. The summed E-state index contributed by atoms with van der Waals surface area (Å²) in [6, 6.07) is 1.54. The van der Waals surface area contributed by atoms with Crippen molar-refractivity contribution in [2.24, 2.45) is 0 Å². The third kappa shape index (κ3) is 2.81. The normalized spacial score (nSPS) is 17.1. The number of carboxylic acids is 1. The van der Waals surface area contributed by atoms with Crippen molar-refractivity contribution in [1.82, 2.24) is 14.9 Å². The Balaban J connectivity index is 2.07. The van der Waals surface area contributed by atoms with Crippen molar-refractivity contribution in [2.45, 2.75) is 37.8 Å². The average molecular weight is 265 g/mol. The molecule has 0 aliphatic heterocycles. The van der Waals surface area contributed by atoms with Gasteiger partial charge in [0.25, 0.3) is 0 Å². The van der Waals surface area contributed by atoms with Crippen LogP contribution in [0.1, 0.15) is 25.7 Å². The molecule has 102 valence electrons. The summed E-state index contributed by atoms with van der Waals surface area (Å²) in [5.74, 6) is -1.50. The predicted molar refractivity (Wildman–Crippen MR) is 65.5 cm³/mol. The molecule has 7 heteroatoms. The summed E-state index contributed by atoms with van der Waals surface area (Å²) in [7, 11) is 0. The van der Waals surface area contributed by atoms with Crippen LogP contribution in [0, 0.1) is 0 Å². The first-order chi connectivity index (χ1) is 9.03. The van der Waals surface area contributed by atoms with Gasteiger partial charge >= 0.3 is 11.7 Å². The van der Waals surface area contributed by atoms with E-state index in [9.17, 15) is 19.5 Å². The molecule has 0 unspecified atom stereocenters. The fourth-order valence-corrected chi connectivity index (χ4v) is 2.34. The summed E-state index contributed by atoms with van der Waals surface area (Å²) >= 11 is 0. The summed E-state index contributed by atoms with van der Waals surface area (Å²) in [6.45, 7) is -0.221. The number of nitrogens with one attached hydrogen (secondary N) is 1. The van der Waals surface area contributed by atoms with E-state index >= 15 is 0 Å². The molecular formula is C12H15N3O4. The second-order valence-corrected chi connectivity index (χ2v) is 4.67. The summed E-state index contributed by atoms with van der Waals surface area (Å²) in [4.78, 5) is 38.0. The van der Waals surface area contributed by atoms with Crippen molar-refractivity contribution in [3.05, 3.63) is 28.9 Å². The molecule has 0 radical (unpaired) electrons. The van der Waals surface area contributed by atoms with Gasteiger partial charge in [-0.15, -0.1) is 0 Å². The Hall–Kier alpha value is -2.18. The van der Waals surface area contributed by atoms with Crippen LogP contribution in [0.3, 0.4) is 0 Å². The number of aromatic nitrogens is 2. The molecule has 0 bridgehead atoms. The van der Waals surface area contributed by atoms with Crippen molar-refractivity contribution in [1.29, 1.82) is 0 Å². The van der Waals surface area contributed by atoms with Gasteiger partial charge in [0, 0.05) is 12.4 Å². The maximum atomic E-state index is 11.9. The van der Waals surface area contributed by atoms with Crippen molar-refractivity contribution in [2.75, 3.05) is 0 Å². The van der Waals surface area contributed by atoms with Crippen LogP contribution in [-0.4, -0.2) is 32.1 Å². The number of rotatable bonds is 4. The number of hydrogen-bond acceptors (Lipinski definition) is 4. The minimum atomic E-state index is -1.18. The van der Waals surface area contributed by atoms with Crippen LogP contribution in [0.5, 0.6) is 0 Å². The third-order valence-electron chi connectivity index (χ3n) is 3.34. The fourth-order valence-electron chi connectivity index (χ4n) is 2.34. The second-order valence-electron chi connectivity index (χ2n) is 4.67. The van der Waals surface area contributed by atoms with Crippen molar-refractivity contribution in [3.8, 4) is 0 Å². The molecule has 1 saturated carbocycles. The highest BCUT2D eigenvalue weighted by Gasteiger charge is 2.42. The summed E-state index contributed by atoms with van der Waals surface area (Å²) in [5, 5.41) is 11.8.